The molecule has 0 atom stereocenters. The van der Waals surface area contributed by atoms with E-state index in [1.165, 1.54) is 18.2 Å². The van der Waals surface area contributed by atoms with E-state index in [-0.39, 0.29) is 5.75 Å². The molecule has 0 spiro atoms. The molecule has 0 heterocycles. The minimum Gasteiger partial charge on any atom is -0.232 e. The summed E-state index contributed by atoms with van der Waals surface area (Å²) < 4.78 is 32.7. The highest BCUT2D eigenvalue weighted by Gasteiger charge is 1.95. The molecule has 0 saturated heterocycles. The van der Waals surface area contributed by atoms with E-state index in [9.17, 15) is 12.8 Å². The lowest BCUT2D eigenvalue weighted by Gasteiger charge is -1.91. The Labute approximate surface area is 65.6 Å². The predicted octanol–water partition coefficient (Wildman–Crippen LogP) is 0.737. The zero-order valence-corrected chi connectivity index (χ0v) is 6.48. The van der Waals surface area contributed by atoms with Crippen LogP contribution in [0.3, 0.4) is 0 Å². The monoisotopic (exact) mass is 173 g/mol. The van der Waals surface area contributed by atoms with Gasteiger partial charge in [0.05, 0.1) is 5.75 Å². The first-order valence-corrected chi connectivity index (χ1v) is 4.33. The third-order valence-corrected chi connectivity index (χ3v) is 1.72. The molecule has 1 aromatic carbocycles. The van der Waals surface area contributed by atoms with Crippen molar-refractivity contribution in [2.75, 3.05) is 0 Å². The van der Waals surface area contributed by atoms with Crippen molar-refractivity contribution in [3.63, 3.8) is 0 Å². The summed E-state index contributed by atoms with van der Waals surface area (Å²) in [4.78, 5) is 0. The zero-order valence-electron chi connectivity index (χ0n) is 5.58. The topological polar surface area (TPSA) is 34.1 Å². The van der Waals surface area contributed by atoms with Crippen molar-refractivity contribution in [2.45, 2.75) is 5.75 Å². The van der Waals surface area contributed by atoms with Gasteiger partial charge in [0.2, 0.25) is 0 Å². The highest BCUT2D eigenvalue weighted by molar-refractivity contribution is 7.71. The average Bonchev–Trinajstić information content (AvgIpc) is 1.85. The first-order valence-electron chi connectivity index (χ1n) is 2.97. The van der Waals surface area contributed by atoms with Crippen LogP contribution in [0.1, 0.15) is 5.56 Å². The number of hydrogen-bond donors (Lipinski definition) is 1. The predicted molar refractivity (Wildman–Crippen MR) is 39.3 cm³/mol. The SMILES string of the molecule is O=[SH](=O)Cc1[c]c(F)ccc1. The summed E-state index contributed by atoms with van der Waals surface area (Å²) in [6, 6.07) is 6.49. The van der Waals surface area contributed by atoms with E-state index in [1.54, 1.807) is 0 Å². The summed E-state index contributed by atoms with van der Waals surface area (Å²) in [5, 5.41) is 0. The second-order valence-corrected chi connectivity index (χ2v) is 3.00. The Bertz CT molecular complexity index is 312. The van der Waals surface area contributed by atoms with Gasteiger partial charge in [-0.1, -0.05) is 12.1 Å². The molecule has 59 valence electrons. The highest BCUT2D eigenvalue weighted by Crippen LogP contribution is 2.02. The van der Waals surface area contributed by atoms with Crippen molar-refractivity contribution in [1.29, 1.82) is 0 Å². The molecular formula is C7H6FO2S. The van der Waals surface area contributed by atoms with E-state index in [1.807, 2.05) is 0 Å². The molecule has 1 aromatic rings. The van der Waals surface area contributed by atoms with Gasteiger partial charge < -0.3 is 0 Å². The van der Waals surface area contributed by atoms with Crippen LogP contribution in [0.25, 0.3) is 0 Å². The van der Waals surface area contributed by atoms with Crippen LogP contribution in [0, 0.1) is 11.9 Å². The Morgan fingerprint density at radius 2 is 2.18 bits per heavy atom. The Hall–Kier alpha value is -0.900. The largest absolute Gasteiger partial charge is 0.232 e. The van der Waals surface area contributed by atoms with Crippen LogP contribution in [0.4, 0.5) is 4.39 Å². The molecular weight excluding hydrogens is 167 g/mol. The number of rotatable bonds is 2. The Morgan fingerprint density at radius 3 is 2.73 bits per heavy atom. The van der Waals surface area contributed by atoms with Crippen molar-refractivity contribution in [2.24, 2.45) is 0 Å². The fourth-order valence-electron chi connectivity index (χ4n) is 0.717. The van der Waals surface area contributed by atoms with E-state index in [2.05, 4.69) is 6.07 Å². The lowest BCUT2D eigenvalue weighted by Crippen LogP contribution is -1.87. The number of halogens is 1. The molecule has 0 aromatic heterocycles. The molecule has 1 rings (SSSR count). The third kappa shape index (κ3) is 2.67. The Balaban J connectivity index is 2.87. The molecule has 4 heteroatoms. The van der Waals surface area contributed by atoms with Crippen LogP contribution in [0.5, 0.6) is 0 Å². The van der Waals surface area contributed by atoms with Crippen LogP contribution < -0.4 is 0 Å². The zero-order chi connectivity index (χ0) is 8.27. The number of benzene rings is 1. The Morgan fingerprint density at radius 1 is 1.45 bits per heavy atom. The van der Waals surface area contributed by atoms with Gasteiger partial charge in [0.15, 0.2) is 0 Å². The minimum atomic E-state index is -2.49. The maximum absolute atomic E-state index is 12.4. The molecule has 0 aliphatic rings. The van der Waals surface area contributed by atoms with Crippen LogP contribution in [0.15, 0.2) is 18.2 Å². The summed E-state index contributed by atoms with van der Waals surface area (Å²) in [5.41, 5.74) is 0.362. The van der Waals surface area contributed by atoms with E-state index in [0.29, 0.717) is 5.56 Å². The van der Waals surface area contributed by atoms with Gasteiger partial charge in [0.1, 0.15) is 16.5 Å². The molecule has 0 fully saturated rings. The summed E-state index contributed by atoms with van der Waals surface area (Å²) >= 11 is 0. The van der Waals surface area contributed by atoms with Crippen molar-refractivity contribution in [3.8, 4) is 0 Å². The lowest BCUT2D eigenvalue weighted by molar-refractivity contribution is 0.612. The third-order valence-electron chi connectivity index (χ3n) is 1.12. The quantitative estimate of drug-likeness (QED) is 0.669. The molecule has 0 aliphatic heterocycles. The normalized spacial score (nSPS) is 10.4. The van der Waals surface area contributed by atoms with Gasteiger partial charge in [-0.15, -0.1) is 0 Å². The summed E-state index contributed by atoms with van der Waals surface area (Å²) in [6.07, 6.45) is 0. The Kier molecular flexibility index (Phi) is 2.59. The fraction of sp³-hybridized carbons (Fsp3) is 0.143. The van der Waals surface area contributed by atoms with Gasteiger partial charge in [0, 0.05) is 6.07 Å². The van der Waals surface area contributed by atoms with Gasteiger partial charge in [-0.05, 0) is 11.6 Å². The molecule has 0 saturated carbocycles. The summed E-state index contributed by atoms with van der Waals surface area (Å²) in [6.45, 7) is 0. The highest BCUT2D eigenvalue weighted by atomic mass is 32.2. The summed E-state index contributed by atoms with van der Waals surface area (Å²) in [7, 11) is -2.49. The first kappa shape index (κ1) is 8.20. The van der Waals surface area contributed by atoms with Gasteiger partial charge in [-0.25, -0.2) is 12.8 Å². The maximum Gasteiger partial charge on any atom is 0.144 e. The molecule has 0 amide bonds. The molecule has 0 bridgehead atoms. The number of hydrogen-bond acceptors (Lipinski definition) is 2. The van der Waals surface area contributed by atoms with Crippen LogP contribution in [-0.4, -0.2) is 8.42 Å². The first-order chi connectivity index (χ1) is 5.18. The van der Waals surface area contributed by atoms with Gasteiger partial charge in [-0.2, -0.15) is 0 Å². The maximum atomic E-state index is 12.4. The van der Waals surface area contributed by atoms with Crippen molar-refractivity contribution >= 4 is 10.7 Å². The van der Waals surface area contributed by atoms with Crippen LogP contribution >= 0.6 is 0 Å². The molecule has 0 unspecified atom stereocenters. The fourth-order valence-corrected chi connectivity index (χ4v) is 1.18. The molecule has 2 nitrogen and oxygen atoms in total. The van der Waals surface area contributed by atoms with E-state index >= 15 is 0 Å². The minimum absolute atomic E-state index is 0.146. The second-order valence-electron chi connectivity index (χ2n) is 2.01. The molecule has 1 radical (unpaired) electrons. The molecule has 0 N–H and O–H groups in total. The van der Waals surface area contributed by atoms with Crippen molar-refractivity contribution < 1.29 is 12.8 Å². The summed E-state index contributed by atoms with van der Waals surface area (Å²) in [5.74, 6) is -0.674. The van der Waals surface area contributed by atoms with Crippen molar-refractivity contribution in [3.05, 3.63) is 35.6 Å². The smallest absolute Gasteiger partial charge is 0.144 e. The van der Waals surface area contributed by atoms with E-state index < -0.39 is 16.5 Å². The standard InChI is InChI=1S/C7H6FO2S/c8-7-3-1-2-6(4-7)5-11(9)10/h1-3,11H,5H2. The van der Waals surface area contributed by atoms with Gasteiger partial charge >= 0.3 is 0 Å². The van der Waals surface area contributed by atoms with E-state index in [4.69, 9.17) is 0 Å². The van der Waals surface area contributed by atoms with Gasteiger partial charge in [-0.3, -0.25) is 0 Å². The molecule has 11 heavy (non-hydrogen) atoms. The number of thiol groups is 1. The van der Waals surface area contributed by atoms with Crippen LogP contribution in [0.2, 0.25) is 0 Å². The van der Waals surface area contributed by atoms with E-state index in [0.717, 1.165) is 0 Å². The van der Waals surface area contributed by atoms with Crippen molar-refractivity contribution in [1.82, 2.24) is 0 Å². The average molecular weight is 173 g/mol. The second kappa shape index (κ2) is 3.48. The lowest BCUT2D eigenvalue weighted by atomic mass is 10.2. The van der Waals surface area contributed by atoms with Gasteiger partial charge in [0.25, 0.3) is 0 Å². The molecule has 0 aliphatic carbocycles. The van der Waals surface area contributed by atoms with Crippen LogP contribution in [-0.2, 0) is 16.5 Å².